The fraction of sp³-hybridized carbons (Fsp3) is 0.417. The van der Waals surface area contributed by atoms with Gasteiger partial charge in [-0.15, -0.1) is 0 Å². The topological polar surface area (TPSA) is 312 Å². The number of phenols is 2. The molecule has 24 nitrogen and oxygen atoms in total. The van der Waals surface area contributed by atoms with Crippen molar-refractivity contribution in [3.63, 3.8) is 0 Å². The van der Waals surface area contributed by atoms with E-state index in [4.69, 9.17) is 56.8 Å². The van der Waals surface area contributed by atoms with Crippen molar-refractivity contribution in [2.45, 2.75) is 117 Å². The maximum atomic E-state index is 12.8. The summed E-state index contributed by atoms with van der Waals surface area (Å²) in [5.41, 5.74) is 0.335. The third kappa shape index (κ3) is 16.7. The summed E-state index contributed by atoms with van der Waals surface area (Å²) in [5, 5.41) is 21.6. The van der Waals surface area contributed by atoms with E-state index in [1.54, 1.807) is 24.3 Å². The number of rotatable bonds is 18. The van der Waals surface area contributed by atoms with Gasteiger partial charge in [0, 0.05) is 98.2 Å². The van der Waals surface area contributed by atoms with Crippen LogP contribution in [-0.2, 0) is 85.7 Å². The van der Waals surface area contributed by atoms with E-state index >= 15 is 0 Å². The van der Waals surface area contributed by atoms with Crippen molar-refractivity contribution < 1.29 is 105 Å². The molecule has 3 aromatic carbocycles. The second-order valence-electron chi connectivity index (χ2n) is 16.1. The molecule has 74 heavy (non-hydrogen) atoms. The maximum absolute atomic E-state index is 12.8. The van der Waals surface area contributed by atoms with Gasteiger partial charge >= 0.3 is 47.8 Å². The zero-order valence-corrected chi connectivity index (χ0v) is 45.0. The molecule has 5 rings (SSSR count). The van der Waals surface area contributed by atoms with Crippen LogP contribution in [0.15, 0.2) is 58.5 Å². The summed E-state index contributed by atoms with van der Waals surface area (Å²) in [5.74, 6) is -8.40. The lowest BCUT2D eigenvalue weighted by Crippen LogP contribution is -2.64. The van der Waals surface area contributed by atoms with Gasteiger partial charge in [0.2, 0.25) is 24.8 Å². The average molecular weight is 1260 g/mol. The number of phenolic OH excluding ortho intramolecular Hbond substituents is 2. The molecule has 10 atom stereocenters. The van der Waals surface area contributed by atoms with Crippen molar-refractivity contribution in [2.24, 2.45) is 9.98 Å². The SMILES string of the molecule is CC(=O)OC[C@H]1O[C@@H](Oc2cc(N=Cc3cc(I)ccc3O)c(N=Cc3cc(I)ccc3O)cc2O[C@@H]2O[C@H](COC(C)=O)[C@@H](OC(C)=O)[C@H](OC(C)=O)[C@H]2OC(C)=O)[C@H](OC(C)=O)[C@@H](OC(C)=O)[C@@H]1OC(C)=O. The van der Waals surface area contributed by atoms with Gasteiger partial charge in [-0.05, 0) is 81.6 Å². The number of hydrogen-bond acceptors (Lipinski definition) is 24. The van der Waals surface area contributed by atoms with Gasteiger partial charge in [-0.2, -0.15) is 0 Å². The highest BCUT2D eigenvalue weighted by atomic mass is 127. The maximum Gasteiger partial charge on any atom is 0.303 e. The molecule has 0 aromatic heterocycles. The Morgan fingerprint density at radius 1 is 0.473 bits per heavy atom. The number of ether oxygens (including phenoxy) is 12. The molecule has 0 radical (unpaired) electrons. The van der Waals surface area contributed by atoms with E-state index in [-0.39, 0.29) is 34.0 Å². The Bertz CT molecular complexity index is 2500. The van der Waals surface area contributed by atoms with Crippen molar-refractivity contribution >= 4 is 117 Å². The lowest BCUT2D eigenvalue weighted by molar-refractivity contribution is -0.292. The lowest BCUT2D eigenvalue weighted by Gasteiger charge is -2.44. The Labute approximate surface area is 449 Å². The highest BCUT2D eigenvalue weighted by Gasteiger charge is 2.55. The van der Waals surface area contributed by atoms with Crippen LogP contribution in [0.4, 0.5) is 11.4 Å². The summed E-state index contributed by atoms with van der Waals surface area (Å²) in [6.07, 6.45) is -14.5. The van der Waals surface area contributed by atoms with E-state index in [0.29, 0.717) is 0 Å². The fourth-order valence-electron chi connectivity index (χ4n) is 7.28. The first-order valence-electron chi connectivity index (χ1n) is 22.1. The zero-order chi connectivity index (χ0) is 54.6. The number of aliphatic imine (C=N–C) groups is 2. The first-order valence-corrected chi connectivity index (χ1v) is 24.2. The predicted molar refractivity (Wildman–Crippen MR) is 268 cm³/mol. The molecule has 0 aliphatic carbocycles. The van der Waals surface area contributed by atoms with Crippen LogP contribution in [0.3, 0.4) is 0 Å². The first kappa shape index (κ1) is 58.2. The summed E-state index contributed by atoms with van der Waals surface area (Å²) < 4.78 is 71.0. The number of halogens is 2. The number of nitrogens with zero attached hydrogens (tertiary/aromatic N) is 2. The van der Waals surface area contributed by atoms with Gasteiger partial charge in [-0.3, -0.25) is 48.3 Å². The lowest BCUT2D eigenvalue weighted by atomic mass is 9.98. The number of hydrogen-bond donors (Lipinski definition) is 2. The van der Waals surface area contributed by atoms with Gasteiger partial charge in [0.1, 0.15) is 36.9 Å². The Kier molecular flexibility index (Phi) is 20.9. The molecular formula is C48H50I2N2O22. The molecule has 0 amide bonds. The van der Waals surface area contributed by atoms with Gasteiger partial charge < -0.3 is 67.1 Å². The largest absolute Gasteiger partial charge is 0.507 e. The van der Waals surface area contributed by atoms with Gasteiger partial charge in [0.05, 0.1) is 11.4 Å². The molecule has 2 aliphatic heterocycles. The molecule has 2 N–H and O–H groups in total. The number of esters is 8. The van der Waals surface area contributed by atoms with Crippen LogP contribution in [-0.4, -0.2) is 145 Å². The third-order valence-corrected chi connectivity index (χ3v) is 11.4. The fourth-order valence-corrected chi connectivity index (χ4v) is 8.31. The van der Waals surface area contributed by atoms with E-state index in [9.17, 15) is 48.6 Å². The molecule has 398 valence electrons. The third-order valence-electron chi connectivity index (χ3n) is 10.1. The molecule has 26 heteroatoms. The van der Waals surface area contributed by atoms with E-state index in [1.165, 1.54) is 36.7 Å². The normalized spacial score (nSPS) is 23.4. The molecule has 0 spiro atoms. The molecule has 2 saturated heterocycles. The summed E-state index contributed by atoms with van der Waals surface area (Å²) in [6.45, 7) is 7.03. The van der Waals surface area contributed by atoms with Crippen molar-refractivity contribution in [3.05, 3.63) is 66.8 Å². The van der Waals surface area contributed by atoms with E-state index in [0.717, 1.165) is 62.5 Å². The summed E-state index contributed by atoms with van der Waals surface area (Å²) in [7, 11) is 0. The van der Waals surface area contributed by atoms with E-state index < -0.39 is 134 Å². The highest BCUT2D eigenvalue weighted by molar-refractivity contribution is 14.1. The summed E-state index contributed by atoms with van der Waals surface area (Å²) in [6, 6.07) is 11.8. The predicted octanol–water partition coefficient (Wildman–Crippen LogP) is 4.73. The van der Waals surface area contributed by atoms with Crippen LogP contribution in [0.1, 0.15) is 66.5 Å². The Morgan fingerprint density at radius 3 is 1.09 bits per heavy atom. The molecule has 2 fully saturated rings. The quantitative estimate of drug-likeness (QED) is 0.0752. The van der Waals surface area contributed by atoms with Gasteiger partial charge in [-0.25, -0.2) is 0 Å². The monoisotopic (exact) mass is 1260 g/mol. The van der Waals surface area contributed by atoms with E-state index in [1.807, 2.05) is 45.2 Å². The van der Waals surface area contributed by atoms with Crippen LogP contribution in [0, 0.1) is 7.14 Å². The van der Waals surface area contributed by atoms with Gasteiger partial charge in [-0.1, -0.05) is 0 Å². The number of carbonyl (C=O) groups is 8. The highest BCUT2D eigenvalue weighted by Crippen LogP contribution is 2.44. The van der Waals surface area contributed by atoms with Crippen molar-refractivity contribution in [2.75, 3.05) is 13.2 Å². The smallest absolute Gasteiger partial charge is 0.303 e. The zero-order valence-electron chi connectivity index (χ0n) is 40.7. The van der Waals surface area contributed by atoms with Crippen molar-refractivity contribution in [3.8, 4) is 23.0 Å². The minimum atomic E-state index is -1.91. The summed E-state index contributed by atoms with van der Waals surface area (Å²) in [4.78, 5) is 110. The molecule has 0 saturated carbocycles. The number of carbonyl (C=O) groups excluding carboxylic acids is 8. The van der Waals surface area contributed by atoms with Crippen LogP contribution < -0.4 is 9.47 Å². The van der Waals surface area contributed by atoms with Gasteiger partial charge in [0.15, 0.2) is 35.9 Å². The first-order chi connectivity index (χ1) is 34.9. The minimum Gasteiger partial charge on any atom is -0.507 e. The minimum absolute atomic E-state index is 0.0702. The van der Waals surface area contributed by atoms with Crippen LogP contribution in [0.5, 0.6) is 23.0 Å². The van der Waals surface area contributed by atoms with Crippen LogP contribution in [0.25, 0.3) is 0 Å². The average Bonchev–Trinajstić information content (AvgIpc) is 3.29. The molecular weight excluding hydrogens is 1210 g/mol. The summed E-state index contributed by atoms with van der Waals surface area (Å²) >= 11 is 4.06. The second-order valence-corrected chi connectivity index (χ2v) is 18.6. The Hall–Kier alpha value is -6.66. The molecule has 3 aromatic rings. The van der Waals surface area contributed by atoms with Crippen molar-refractivity contribution in [1.82, 2.24) is 0 Å². The molecule has 2 heterocycles. The molecule has 0 unspecified atom stereocenters. The van der Waals surface area contributed by atoms with E-state index in [2.05, 4.69) is 9.98 Å². The van der Waals surface area contributed by atoms with Gasteiger partial charge in [0.25, 0.3) is 0 Å². The standard InChI is InChI=1S/C48H50I2N2O22/c1-21(53)63-19-39-41(65-23(3)55)43(67-25(5)57)45(69-27(7)59)47(73-39)71-37-15-33(51-17-29-13-31(49)9-11-35(29)61)34(52-18-30-14-32(50)10-12-36(30)62)16-38(37)72-48-46(70-28(8)60)44(68-26(6)58)42(66-24(4)56)40(74-48)20-64-22(2)54/h9-18,39-48,61-62H,19-20H2,1-8H3/t39-,40-,41-,42-,43+,44+,45-,46-,47-,48-/m1/s1. The number of benzene rings is 3. The van der Waals surface area contributed by atoms with Crippen LogP contribution in [0.2, 0.25) is 0 Å². The molecule has 0 bridgehead atoms. The Balaban J connectivity index is 1.83. The Morgan fingerprint density at radius 2 is 0.784 bits per heavy atom. The van der Waals surface area contributed by atoms with Crippen LogP contribution >= 0.6 is 45.2 Å². The number of aromatic hydroxyl groups is 2. The molecule has 2 aliphatic rings. The van der Waals surface area contributed by atoms with Crippen molar-refractivity contribution in [1.29, 1.82) is 0 Å². The second kappa shape index (κ2) is 26.5.